The van der Waals surface area contributed by atoms with Crippen LogP contribution in [-0.4, -0.2) is 51.2 Å². The van der Waals surface area contributed by atoms with Gasteiger partial charge in [-0.05, 0) is 87.0 Å². The number of unbranched alkanes of at least 4 members (excludes halogenated alkanes) is 1. The summed E-state index contributed by atoms with van der Waals surface area (Å²) >= 11 is 0. The van der Waals surface area contributed by atoms with E-state index < -0.39 is 0 Å². The predicted molar refractivity (Wildman–Crippen MR) is 123 cm³/mol. The van der Waals surface area contributed by atoms with Crippen LogP contribution in [0.2, 0.25) is 0 Å². The normalized spacial score (nSPS) is 15.9. The average Bonchev–Trinajstić information content (AvgIpc) is 3.22. The Bertz CT molecular complexity index is 1030. The number of aryl methyl sites for hydroxylation is 1. The van der Waals surface area contributed by atoms with Gasteiger partial charge in [-0.25, -0.2) is 4.52 Å². The minimum atomic E-state index is -0.0599. The van der Waals surface area contributed by atoms with Crippen LogP contribution in [0.25, 0.3) is 5.52 Å². The van der Waals surface area contributed by atoms with Crippen LogP contribution in [0.15, 0.2) is 48.8 Å². The summed E-state index contributed by atoms with van der Waals surface area (Å²) in [7, 11) is 0. The average molecular weight is 421 g/mol. The molecule has 0 bridgehead atoms. The quantitative estimate of drug-likeness (QED) is 0.517. The standard InChI is InChI=1S/C25H32N4O2/c1-2-13-28(21-10-8-19-9-11-22(30)17-20(19)16-21)14-6-4-12-26-25(31)23-18-27-29-15-5-3-7-24(23)29/h3,5,7,9,11,15,17-18,21,30H,2,4,6,8,10,12-14,16H2,1H3,(H,26,31). The molecule has 0 saturated carbocycles. The second-order valence-electron chi connectivity index (χ2n) is 8.44. The number of rotatable bonds is 9. The Morgan fingerprint density at radius 2 is 2.13 bits per heavy atom. The fourth-order valence-corrected chi connectivity index (χ4v) is 4.65. The number of carbonyl (C=O) groups is 1. The van der Waals surface area contributed by atoms with E-state index >= 15 is 0 Å². The number of hydrogen-bond acceptors (Lipinski definition) is 4. The van der Waals surface area contributed by atoms with Crippen molar-refractivity contribution < 1.29 is 9.90 Å². The van der Waals surface area contributed by atoms with E-state index in [-0.39, 0.29) is 5.91 Å². The molecule has 0 saturated heterocycles. The molecule has 1 aliphatic carbocycles. The Morgan fingerprint density at radius 3 is 3.00 bits per heavy atom. The SMILES string of the molecule is CCCN(CCCCNC(=O)c1cnn2ccccc12)C1CCc2ccc(O)cc2C1. The number of nitrogens with one attached hydrogen (secondary N) is 1. The summed E-state index contributed by atoms with van der Waals surface area (Å²) in [6.07, 6.45) is 9.88. The Labute approximate surface area is 183 Å². The van der Waals surface area contributed by atoms with Gasteiger partial charge in [0.25, 0.3) is 5.91 Å². The van der Waals surface area contributed by atoms with Gasteiger partial charge in [0.1, 0.15) is 5.75 Å². The highest BCUT2D eigenvalue weighted by Gasteiger charge is 2.24. The summed E-state index contributed by atoms with van der Waals surface area (Å²) in [6, 6.07) is 12.1. The first-order chi connectivity index (χ1) is 15.2. The Hall–Kier alpha value is -2.86. The van der Waals surface area contributed by atoms with Gasteiger partial charge >= 0.3 is 0 Å². The lowest BCUT2D eigenvalue weighted by atomic mass is 9.87. The molecule has 2 aromatic heterocycles. The molecule has 6 heteroatoms. The van der Waals surface area contributed by atoms with Gasteiger partial charge in [-0.1, -0.05) is 19.1 Å². The maximum absolute atomic E-state index is 12.5. The topological polar surface area (TPSA) is 69.9 Å². The summed E-state index contributed by atoms with van der Waals surface area (Å²) in [5.74, 6) is 0.304. The highest BCUT2D eigenvalue weighted by Crippen LogP contribution is 2.27. The van der Waals surface area contributed by atoms with Crippen molar-refractivity contribution in [3.63, 3.8) is 0 Å². The van der Waals surface area contributed by atoms with Crippen LogP contribution >= 0.6 is 0 Å². The molecular weight excluding hydrogens is 388 g/mol. The van der Waals surface area contributed by atoms with Crippen LogP contribution in [0.4, 0.5) is 0 Å². The monoisotopic (exact) mass is 420 g/mol. The summed E-state index contributed by atoms with van der Waals surface area (Å²) in [4.78, 5) is 15.1. The number of aromatic hydroxyl groups is 1. The molecule has 0 radical (unpaired) electrons. The molecule has 1 amide bonds. The smallest absolute Gasteiger partial charge is 0.255 e. The number of nitrogens with zero attached hydrogens (tertiary/aromatic N) is 3. The molecule has 3 aromatic rings. The zero-order valence-corrected chi connectivity index (χ0v) is 18.3. The highest BCUT2D eigenvalue weighted by molar-refractivity contribution is 6.00. The van der Waals surface area contributed by atoms with E-state index in [1.54, 1.807) is 16.8 Å². The van der Waals surface area contributed by atoms with E-state index in [4.69, 9.17) is 0 Å². The zero-order valence-electron chi connectivity index (χ0n) is 18.3. The Morgan fingerprint density at radius 1 is 1.23 bits per heavy atom. The number of fused-ring (bicyclic) bond motifs is 2. The second-order valence-corrected chi connectivity index (χ2v) is 8.44. The fraction of sp³-hybridized carbons (Fsp3) is 0.440. The molecule has 0 fully saturated rings. The van der Waals surface area contributed by atoms with Gasteiger partial charge in [0.05, 0.1) is 17.3 Å². The van der Waals surface area contributed by atoms with Crippen molar-refractivity contribution in [2.24, 2.45) is 0 Å². The summed E-state index contributed by atoms with van der Waals surface area (Å²) in [6.45, 7) is 5.03. The van der Waals surface area contributed by atoms with Crippen LogP contribution in [0.1, 0.15) is 54.1 Å². The van der Waals surface area contributed by atoms with Crippen molar-refractivity contribution in [2.45, 2.75) is 51.5 Å². The number of phenolic OH excluding ortho intramolecular Hbond substituents is 1. The largest absolute Gasteiger partial charge is 0.508 e. The van der Waals surface area contributed by atoms with Gasteiger partial charge in [-0.2, -0.15) is 5.10 Å². The molecule has 2 heterocycles. The number of aromatic nitrogens is 2. The van der Waals surface area contributed by atoms with Gasteiger partial charge in [0.15, 0.2) is 0 Å². The molecule has 2 N–H and O–H groups in total. The molecule has 1 atom stereocenters. The number of carbonyl (C=O) groups excluding carboxylic acids is 1. The molecule has 1 aromatic carbocycles. The van der Waals surface area contributed by atoms with Crippen molar-refractivity contribution in [2.75, 3.05) is 19.6 Å². The van der Waals surface area contributed by atoms with E-state index in [1.807, 2.05) is 30.5 Å². The minimum Gasteiger partial charge on any atom is -0.508 e. The van der Waals surface area contributed by atoms with Crippen molar-refractivity contribution >= 4 is 11.4 Å². The summed E-state index contributed by atoms with van der Waals surface area (Å²) in [5, 5.41) is 17.1. The third-order valence-electron chi connectivity index (χ3n) is 6.25. The van der Waals surface area contributed by atoms with Gasteiger partial charge in [-0.15, -0.1) is 0 Å². The van der Waals surface area contributed by atoms with Gasteiger partial charge in [-0.3, -0.25) is 4.79 Å². The maximum atomic E-state index is 12.5. The van der Waals surface area contributed by atoms with Crippen LogP contribution < -0.4 is 5.32 Å². The van der Waals surface area contributed by atoms with E-state index in [1.165, 1.54) is 17.5 Å². The molecule has 31 heavy (non-hydrogen) atoms. The third-order valence-corrected chi connectivity index (χ3v) is 6.25. The van der Waals surface area contributed by atoms with Crippen LogP contribution in [0.3, 0.4) is 0 Å². The molecule has 0 spiro atoms. The molecule has 6 nitrogen and oxygen atoms in total. The van der Waals surface area contributed by atoms with Crippen molar-refractivity contribution in [1.82, 2.24) is 19.8 Å². The summed E-state index contributed by atoms with van der Waals surface area (Å²) < 4.78 is 1.72. The molecule has 164 valence electrons. The van der Waals surface area contributed by atoms with Crippen molar-refractivity contribution in [3.05, 3.63) is 65.5 Å². The lowest BCUT2D eigenvalue weighted by molar-refractivity contribution is 0.0953. The first-order valence-electron chi connectivity index (χ1n) is 11.4. The molecule has 4 rings (SSSR count). The van der Waals surface area contributed by atoms with Crippen molar-refractivity contribution in [3.8, 4) is 5.75 Å². The highest BCUT2D eigenvalue weighted by atomic mass is 16.3. The molecular formula is C25H32N4O2. The van der Waals surface area contributed by atoms with E-state index in [9.17, 15) is 9.90 Å². The van der Waals surface area contributed by atoms with E-state index in [2.05, 4.69) is 28.3 Å². The lowest BCUT2D eigenvalue weighted by Crippen LogP contribution is -2.40. The number of hydrogen-bond donors (Lipinski definition) is 2. The number of benzene rings is 1. The van der Waals surface area contributed by atoms with E-state index in [0.29, 0.717) is 23.9 Å². The Kier molecular flexibility index (Phi) is 6.87. The van der Waals surface area contributed by atoms with Gasteiger partial charge < -0.3 is 15.3 Å². The minimum absolute atomic E-state index is 0.0599. The summed E-state index contributed by atoms with van der Waals surface area (Å²) in [5.41, 5.74) is 4.12. The fourth-order valence-electron chi connectivity index (χ4n) is 4.65. The van der Waals surface area contributed by atoms with E-state index in [0.717, 1.165) is 50.7 Å². The Balaban J connectivity index is 1.25. The first-order valence-corrected chi connectivity index (χ1v) is 11.4. The first kappa shape index (κ1) is 21.4. The number of phenols is 1. The maximum Gasteiger partial charge on any atom is 0.255 e. The predicted octanol–water partition coefficient (Wildman–Crippen LogP) is 3.82. The molecule has 0 aliphatic heterocycles. The van der Waals surface area contributed by atoms with Crippen LogP contribution in [0.5, 0.6) is 5.75 Å². The second kappa shape index (κ2) is 9.96. The van der Waals surface area contributed by atoms with Crippen LogP contribution in [-0.2, 0) is 12.8 Å². The van der Waals surface area contributed by atoms with Gasteiger partial charge in [0, 0.05) is 18.8 Å². The number of pyridine rings is 1. The third kappa shape index (κ3) is 5.07. The molecule has 1 aliphatic rings. The van der Waals surface area contributed by atoms with Crippen LogP contribution in [0, 0.1) is 0 Å². The number of amides is 1. The lowest BCUT2D eigenvalue weighted by Gasteiger charge is -2.35. The van der Waals surface area contributed by atoms with Crippen molar-refractivity contribution in [1.29, 1.82) is 0 Å². The molecule has 1 unspecified atom stereocenters. The zero-order chi connectivity index (χ0) is 21.6. The van der Waals surface area contributed by atoms with Gasteiger partial charge in [0.2, 0.25) is 0 Å².